The minimum Gasteiger partial charge on any atom is -0.493 e. The first-order valence-electron chi connectivity index (χ1n) is 11.5. The molecule has 0 aliphatic carbocycles. The zero-order valence-electron chi connectivity index (χ0n) is 19.6. The Labute approximate surface area is 200 Å². The summed E-state index contributed by atoms with van der Waals surface area (Å²) >= 11 is 0. The maximum absolute atomic E-state index is 11.7. The third kappa shape index (κ3) is 5.51. The van der Waals surface area contributed by atoms with Gasteiger partial charge in [0.2, 0.25) is 0 Å². The van der Waals surface area contributed by atoms with E-state index < -0.39 is 5.97 Å². The summed E-state index contributed by atoms with van der Waals surface area (Å²) in [5.74, 6) is 1.00. The summed E-state index contributed by atoms with van der Waals surface area (Å²) in [6, 6.07) is 23.9. The summed E-state index contributed by atoms with van der Waals surface area (Å²) in [6.45, 7) is 1.83. The lowest BCUT2D eigenvalue weighted by Crippen LogP contribution is -2.41. The largest absolute Gasteiger partial charge is 0.493 e. The molecule has 6 nitrogen and oxygen atoms in total. The molecule has 0 radical (unpaired) electrons. The number of aliphatic carboxylic acids is 1. The predicted octanol–water partition coefficient (Wildman–Crippen LogP) is 5.17. The van der Waals surface area contributed by atoms with Crippen LogP contribution in [0.3, 0.4) is 0 Å². The molecule has 34 heavy (non-hydrogen) atoms. The quantitative estimate of drug-likeness (QED) is 0.474. The van der Waals surface area contributed by atoms with Crippen LogP contribution in [0.1, 0.15) is 35.6 Å². The molecule has 1 aliphatic heterocycles. The lowest BCUT2D eigenvalue weighted by Gasteiger charge is -2.37. The van der Waals surface area contributed by atoms with Crippen molar-refractivity contribution in [2.24, 2.45) is 5.92 Å². The smallest absolute Gasteiger partial charge is 0.307 e. The van der Waals surface area contributed by atoms with Gasteiger partial charge in [0, 0.05) is 6.54 Å². The van der Waals surface area contributed by atoms with Gasteiger partial charge in [0.1, 0.15) is 12.4 Å². The van der Waals surface area contributed by atoms with Crippen LogP contribution in [0.2, 0.25) is 0 Å². The number of methoxy groups -OCH3 is 2. The molecule has 0 saturated carbocycles. The molecule has 3 aromatic rings. The van der Waals surface area contributed by atoms with E-state index in [2.05, 4.69) is 17.0 Å². The fraction of sp³-hybridized carbons (Fsp3) is 0.321. The van der Waals surface area contributed by atoms with Crippen molar-refractivity contribution < 1.29 is 24.1 Å². The van der Waals surface area contributed by atoms with Gasteiger partial charge in [0.05, 0.1) is 26.2 Å². The number of rotatable bonds is 9. The van der Waals surface area contributed by atoms with Crippen molar-refractivity contribution in [1.82, 2.24) is 4.90 Å². The van der Waals surface area contributed by atoms with E-state index in [9.17, 15) is 9.90 Å². The van der Waals surface area contributed by atoms with Gasteiger partial charge in [-0.2, -0.15) is 0 Å². The van der Waals surface area contributed by atoms with E-state index in [0.29, 0.717) is 31.1 Å². The molecule has 1 N–H and O–H groups in total. The molecule has 178 valence electrons. The molecule has 1 aliphatic rings. The second-order valence-corrected chi connectivity index (χ2v) is 8.53. The number of hydrogen-bond acceptors (Lipinski definition) is 5. The fourth-order valence-corrected chi connectivity index (χ4v) is 4.57. The molecule has 4 rings (SSSR count). The molecular formula is C28H31NO5. The fourth-order valence-electron chi connectivity index (χ4n) is 4.57. The predicted molar refractivity (Wildman–Crippen MR) is 131 cm³/mol. The number of carboxylic acids is 1. The molecule has 2 atom stereocenters. The van der Waals surface area contributed by atoms with Crippen LogP contribution in [0.25, 0.3) is 0 Å². The summed E-state index contributed by atoms with van der Waals surface area (Å²) in [6.07, 6.45) is 1.55. The molecule has 3 aromatic carbocycles. The van der Waals surface area contributed by atoms with Gasteiger partial charge in [-0.15, -0.1) is 0 Å². The average molecular weight is 462 g/mol. The Hall–Kier alpha value is -3.51. The lowest BCUT2D eigenvalue weighted by molar-refractivity contribution is -0.143. The van der Waals surface area contributed by atoms with E-state index in [-0.39, 0.29) is 12.0 Å². The van der Waals surface area contributed by atoms with Crippen molar-refractivity contribution in [2.45, 2.75) is 25.5 Å². The SMILES string of the molecule is COc1ccc(C(c2ccc(OCc3ccccc3)cc2)N2CCCC(C(=O)O)C2)cc1OC. The monoisotopic (exact) mass is 461 g/mol. The minimum absolute atomic E-state index is 0.106. The number of piperidine rings is 1. The highest BCUT2D eigenvalue weighted by Gasteiger charge is 2.31. The van der Waals surface area contributed by atoms with Crippen LogP contribution < -0.4 is 14.2 Å². The van der Waals surface area contributed by atoms with E-state index in [1.54, 1.807) is 14.2 Å². The Bertz CT molecular complexity index is 1080. The molecule has 6 heteroatoms. The van der Waals surface area contributed by atoms with Crippen LogP contribution in [0.15, 0.2) is 72.8 Å². The van der Waals surface area contributed by atoms with Crippen molar-refractivity contribution >= 4 is 5.97 Å². The van der Waals surface area contributed by atoms with Gasteiger partial charge in [-0.05, 0) is 60.3 Å². The number of carboxylic acid groups (broad SMARTS) is 1. The summed E-state index contributed by atoms with van der Waals surface area (Å²) in [4.78, 5) is 14.0. The Kier molecular flexibility index (Phi) is 7.70. The Morgan fingerprint density at radius 1 is 0.971 bits per heavy atom. The Morgan fingerprint density at radius 2 is 1.68 bits per heavy atom. The van der Waals surface area contributed by atoms with Crippen molar-refractivity contribution in [3.8, 4) is 17.2 Å². The van der Waals surface area contributed by atoms with Gasteiger partial charge in [0.15, 0.2) is 11.5 Å². The van der Waals surface area contributed by atoms with Gasteiger partial charge in [0.25, 0.3) is 0 Å². The second-order valence-electron chi connectivity index (χ2n) is 8.53. The maximum Gasteiger partial charge on any atom is 0.307 e. The molecule has 0 aromatic heterocycles. The van der Waals surface area contributed by atoms with Crippen LogP contribution >= 0.6 is 0 Å². The Balaban J connectivity index is 1.62. The van der Waals surface area contributed by atoms with Crippen LogP contribution in [0, 0.1) is 5.92 Å². The van der Waals surface area contributed by atoms with Gasteiger partial charge in [-0.1, -0.05) is 48.5 Å². The highest BCUT2D eigenvalue weighted by molar-refractivity contribution is 5.70. The van der Waals surface area contributed by atoms with Crippen molar-refractivity contribution in [2.75, 3.05) is 27.3 Å². The van der Waals surface area contributed by atoms with Crippen LogP contribution in [0.5, 0.6) is 17.2 Å². The van der Waals surface area contributed by atoms with E-state index in [1.165, 1.54) is 0 Å². The van der Waals surface area contributed by atoms with Gasteiger partial charge in [-0.25, -0.2) is 0 Å². The van der Waals surface area contributed by atoms with Gasteiger partial charge in [-0.3, -0.25) is 9.69 Å². The molecule has 0 spiro atoms. The average Bonchev–Trinajstić information content (AvgIpc) is 2.89. The first-order valence-corrected chi connectivity index (χ1v) is 11.5. The van der Waals surface area contributed by atoms with Gasteiger partial charge >= 0.3 is 5.97 Å². The lowest BCUT2D eigenvalue weighted by atomic mass is 9.91. The minimum atomic E-state index is -0.736. The van der Waals surface area contributed by atoms with Crippen molar-refractivity contribution in [3.63, 3.8) is 0 Å². The van der Waals surface area contributed by atoms with Crippen molar-refractivity contribution in [1.29, 1.82) is 0 Å². The molecule has 1 fully saturated rings. The summed E-state index contributed by atoms with van der Waals surface area (Å²) in [5, 5.41) is 9.64. The molecule has 1 saturated heterocycles. The van der Waals surface area contributed by atoms with E-state index >= 15 is 0 Å². The number of benzene rings is 3. The molecule has 2 unspecified atom stereocenters. The number of nitrogens with zero attached hydrogens (tertiary/aromatic N) is 1. The topological polar surface area (TPSA) is 68.2 Å². The third-order valence-electron chi connectivity index (χ3n) is 6.33. The standard InChI is InChI=1S/C28H31NO5/c1-32-25-15-12-22(17-26(25)33-2)27(29-16-6-9-23(18-29)28(30)31)21-10-13-24(14-11-21)34-19-20-7-4-3-5-8-20/h3-5,7-8,10-15,17,23,27H,6,9,16,18-19H2,1-2H3,(H,30,31). The molecule has 0 amide bonds. The highest BCUT2D eigenvalue weighted by atomic mass is 16.5. The number of ether oxygens (including phenoxy) is 3. The van der Waals surface area contributed by atoms with Crippen LogP contribution in [0.4, 0.5) is 0 Å². The van der Waals surface area contributed by atoms with E-state index in [4.69, 9.17) is 14.2 Å². The first kappa shape index (κ1) is 23.6. The zero-order chi connectivity index (χ0) is 23.9. The zero-order valence-corrected chi connectivity index (χ0v) is 19.6. The summed E-state index contributed by atoms with van der Waals surface area (Å²) in [7, 11) is 3.24. The second kappa shape index (κ2) is 11.1. The van der Waals surface area contributed by atoms with Gasteiger partial charge < -0.3 is 19.3 Å². The first-order chi connectivity index (χ1) is 16.6. The highest BCUT2D eigenvalue weighted by Crippen LogP contribution is 2.37. The number of hydrogen-bond donors (Lipinski definition) is 1. The molecule has 1 heterocycles. The van der Waals surface area contributed by atoms with Crippen LogP contribution in [-0.2, 0) is 11.4 Å². The maximum atomic E-state index is 11.7. The third-order valence-corrected chi connectivity index (χ3v) is 6.33. The number of carbonyl (C=O) groups is 1. The summed E-state index contributed by atoms with van der Waals surface area (Å²) in [5.41, 5.74) is 3.22. The number of likely N-dealkylation sites (tertiary alicyclic amines) is 1. The van der Waals surface area contributed by atoms with Crippen molar-refractivity contribution in [3.05, 3.63) is 89.5 Å². The normalized spacial score (nSPS) is 17.1. The van der Waals surface area contributed by atoms with Crippen LogP contribution in [-0.4, -0.2) is 43.3 Å². The molecular weight excluding hydrogens is 430 g/mol. The Morgan fingerprint density at radius 3 is 2.35 bits per heavy atom. The van der Waals surface area contributed by atoms with E-state index in [0.717, 1.165) is 35.4 Å². The van der Waals surface area contributed by atoms with E-state index in [1.807, 2.05) is 60.7 Å². The molecule has 0 bridgehead atoms. The summed E-state index contributed by atoms with van der Waals surface area (Å²) < 4.78 is 16.9.